The third-order valence-corrected chi connectivity index (χ3v) is 4.84. The minimum atomic E-state index is -3.74. The van der Waals surface area contributed by atoms with Crippen molar-refractivity contribution in [2.75, 3.05) is 5.32 Å². The van der Waals surface area contributed by atoms with Crippen LogP contribution in [0.3, 0.4) is 0 Å². The van der Waals surface area contributed by atoms with Crippen LogP contribution in [0.25, 0.3) is 0 Å². The summed E-state index contributed by atoms with van der Waals surface area (Å²) in [7, 11) is -3.74. The van der Waals surface area contributed by atoms with Gasteiger partial charge < -0.3 is 5.32 Å². The monoisotopic (exact) mass is 390 g/mol. The van der Waals surface area contributed by atoms with E-state index < -0.39 is 44.8 Å². The number of carbonyl (C=O) groups excluding carboxylic acids is 1. The second kappa shape index (κ2) is 7.42. The molecule has 2 rings (SSSR count). The molecule has 2 N–H and O–H groups in total. The topological polar surface area (TPSA) is 75.3 Å². The van der Waals surface area contributed by atoms with Crippen LogP contribution in [0.4, 0.5) is 23.2 Å². The van der Waals surface area contributed by atoms with Gasteiger partial charge in [0.25, 0.3) is 5.91 Å². The first kappa shape index (κ1) is 19.9. The maximum atomic E-state index is 13.6. The molecule has 5 nitrogen and oxygen atoms in total. The molecule has 0 heterocycles. The second-order valence-electron chi connectivity index (χ2n) is 5.60. The van der Waals surface area contributed by atoms with Gasteiger partial charge in [-0.05, 0) is 44.2 Å². The first-order chi connectivity index (χ1) is 12.0. The Bertz CT molecular complexity index is 945. The predicted molar refractivity (Wildman–Crippen MR) is 86.1 cm³/mol. The SMILES string of the molecule is CC(C)NS(=O)(=O)c1ccc(NC(=O)c2cc(F)c(F)c(F)c2F)cc1. The molecule has 1 amide bonds. The quantitative estimate of drug-likeness (QED) is 0.468. The van der Waals surface area contributed by atoms with Gasteiger partial charge in [-0.15, -0.1) is 0 Å². The van der Waals surface area contributed by atoms with Gasteiger partial charge in [0.1, 0.15) is 0 Å². The highest BCUT2D eigenvalue weighted by molar-refractivity contribution is 7.89. The zero-order valence-corrected chi connectivity index (χ0v) is 14.4. The average molecular weight is 390 g/mol. The number of hydrogen-bond donors (Lipinski definition) is 2. The number of sulfonamides is 1. The Morgan fingerprint density at radius 1 is 0.962 bits per heavy atom. The van der Waals surface area contributed by atoms with Gasteiger partial charge in [0, 0.05) is 11.7 Å². The van der Waals surface area contributed by atoms with Crippen LogP contribution in [-0.4, -0.2) is 20.4 Å². The molecule has 0 radical (unpaired) electrons. The molecule has 140 valence electrons. The van der Waals surface area contributed by atoms with E-state index in [-0.39, 0.29) is 22.7 Å². The van der Waals surface area contributed by atoms with Crippen molar-refractivity contribution in [3.8, 4) is 0 Å². The van der Waals surface area contributed by atoms with E-state index in [0.717, 1.165) is 0 Å². The number of carbonyl (C=O) groups is 1. The third kappa shape index (κ3) is 4.20. The van der Waals surface area contributed by atoms with Gasteiger partial charge in [0.15, 0.2) is 23.3 Å². The summed E-state index contributed by atoms with van der Waals surface area (Å²) in [5.41, 5.74) is -0.984. The smallest absolute Gasteiger partial charge is 0.258 e. The van der Waals surface area contributed by atoms with Crippen molar-refractivity contribution in [1.29, 1.82) is 0 Å². The standard InChI is InChI=1S/C16H14F4N2O3S/c1-8(2)22-26(24,25)10-5-3-9(4-6-10)21-16(23)11-7-12(17)14(19)15(20)13(11)18/h3-8,22H,1-2H3,(H,21,23). The minimum Gasteiger partial charge on any atom is -0.322 e. The largest absolute Gasteiger partial charge is 0.322 e. The molecule has 2 aromatic carbocycles. The zero-order valence-electron chi connectivity index (χ0n) is 13.6. The number of rotatable bonds is 5. The normalized spacial score (nSPS) is 11.7. The lowest BCUT2D eigenvalue weighted by Gasteiger charge is -2.11. The van der Waals surface area contributed by atoms with Crippen LogP contribution in [0, 0.1) is 23.3 Å². The molecule has 0 aliphatic rings. The van der Waals surface area contributed by atoms with Crippen LogP contribution in [0.1, 0.15) is 24.2 Å². The Morgan fingerprint density at radius 2 is 1.54 bits per heavy atom. The Balaban J connectivity index is 2.24. The number of hydrogen-bond acceptors (Lipinski definition) is 3. The molecule has 10 heteroatoms. The van der Waals surface area contributed by atoms with E-state index in [4.69, 9.17) is 0 Å². The van der Waals surface area contributed by atoms with E-state index in [0.29, 0.717) is 0 Å². The molecule has 0 atom stereocenters. The molecule has 2 aromatic rings. The molecule has 0 spiro atoms. The van der Waals surface area contributed by atoms with Crippen molar-refractivity contribution in [2.24, 2.45) is 0 Å². The van der Waals surface area contributed by atoms with Gasteiger partial charge in [-0.3, -0.25) is 4.79 Å². The van der Waals surface area contributed by atoms with Crippen molar-refractivity contribution < 1.29 is 30.8 Å². The van der Waals surface area contributed by atoms with Gasteiger partial charge in [-0.25, -0.2) is 30.7 Å². The summed E-state index contributed by atoms with van der Waals surface area (Å²) in [5.74, 6) is -8.89. The van der Waals surface area contributed by atoms with Crippen molar-refractivity contribution in [3.63, 3.8) is 0 Å². The van der Waals surface area contributed by atoms with Gasteiger partial charge in [-0.2, -0.15) is 0 Å². The van der Waals surface area contributed by atoms with Gasteiger partial charge in [0.2, 0.25) is 10.0 Å². The third-order valence-electron chi connectivity index (χ3n) is 3.16. The van der Waals surface area contributed by atoms with E-state index in [1.165, 1.54) is 24.3 Å². The van der Waals surface area contributed by atoms with Gasteiger partial charge >= 0.3 is 0 Å². The fourth-order valence-electron chi connectivity index (χ4n) is 2.03. The number of anilines is 1. The van der Waals surface area contributed by atoms with E-state index in [9.17, 15) is 30.8 Å². The summed E-state index contributed by atoms with van der Waals surface area (Å²) >= 11 is 0. The molecular formula is C16H14F4N2O3S. The summed E-state index contributed by atoms with van der Waals surface area (Å²) in [6.07, 6.45) is 0. The fourth-order valence-corrected chi connectivity index (χ4v) is 3.28. The molecular weight excluding hydrogens is 376 g/mol. The molecule has 0 aliphatic heterocycles. The van der Waals surface area contributed by atoms with Gasteiger partial charge in [-0.1, -0.05) is 0 Å². The average Bonchev–Trinajstić information content (AvgIpc) is 2.55. The van der Waals surface area contributed by atoms with E-state index in [1.54, 1.807) is 13.8 Å². The number of benzene rings is 2. The molecule has 0 unspecified atom stereocenters. The molecule has 0 saturated carbocycles. The first-order valence-electron chi connectivity index (χ1n) is 7.29. The maximum absolute atomic E-state index is 13.6. The summed E-state index contributed by atoms with van der Waals surface area (Å²) in [6.45, 7) is 3.28. The first-order valence-corrected chi connectivity index (χ1v) is 8.78. The molecule has 26 heavy (non-hydrogen) atoms. The van der Waals surface area contributed by atoms with Crippen LogP contribution >= 0.6 is 0 Å². The van der Waals surface area contributed by atoms with Crippen molar-refractivity contribution in [3.05, 3.63) is 59.2 Å². The summed E-state index contributed by atoms with van der Waals surface area (Å²) in [4.78, 5) is 11.9. The number of amides is 1. The molecule has 0 aliphatic carbocycles. The van der Waals surface area contributed by atoms with Crippen molar-refractivity contribution in [1.82, 2.24) is 4.72 Å². The summed E-state index contributed by atoms with van der Waals surface area (Å²) < 4.78 is 79.2. The number of nitrogens with one attached hydrogen (secondary N) is 2. The number of halogens is 4. The Labute approximate surface area is 147 Å². The highest BCUT2D eigenvalue weighted by atomic mass is 32.2. The van der Waals surface area contributed by atoms with Crippen LogP contribution < -0.4 is 10.0 Å². The van der Waals surface area contributed by atoms with E-state index in [1.807, 2.05) is 0 Å². The summed E-state index contributed by atoms with van der Waals surface area (Å²) in [6, 6.07) is 4.69. The Hall–Kier alpha value is -2.46. The van der Waals surface area contributed by atoms with Crippen LogP contribution in [0.5, 0.6) is 0 Å². The molecule has 0 fully saturated rings. The van der Waals surface area contributed by atoms with Crippen molar-refractivity contribution in [2.45, 2.75) is 24.8 Å². The van der Waals surface area contributed by atoms with Crippen LogP contribution in [0.15, 0.2) is 35.2 Å². The fraction of sp³-hybridized carbons (Fsp3) is 0.188. The molecule has 0 aromatic heterocycles. The van der Waals surface area contributed by atoms with Gasteiger partial charge in [0.05, 0.1) is 10.5 Å². The Kier molecular flexibility index (Phi) is 5.67. The van der Waals surface area contributed by atoms with Crippen LogP contribution in [-0.2, 0) is 10.0 Å². The highest BCUT2D eigenvalue weighted by Crippen LogP contribution is 2.21. The maximum Gasteiger partial charge on any atom is 0.258 e. The van der Waals surface area contributed by atoms with E-state index in [2.05, 4.69) is 10.0 Å². The van der Waals surface area contributed by atoms with Crippen LogP contribution in [0.2, 0.25) is 0 Å². The molecule has 0 saturated heterocycles. The highest BCUT2D eigenvalue weighted by Gasteiger charge is 2.23. The minimum absolute atomic E-state index is 0.0445. The molecule has 0 bridgehead atoms. The second-order valence-corrected chi connectivity index (χ2v) is 7.32. The van der Waals surface area contributed by atoms with E-state index >= 15 is 0 Å². The van der Waals surface area contributed by atoms with Crippen molar-refractivity contribution >= 4 is 21.6 Å². The summed E-state index contributed by atoms with van der Waals surface area (Å²) in [5, 5.41) is 2.14. The predicted octanol–water partition coefficient (Wildman–Crippen LogP) is 3.18. The Morgan fingerprint density at radius 3 is 2.08 bits per heavy atom. The lowest BCUT2D eigenvalue weighted by atomic mass is 10.1. The lowest BCUT2D eigenvalue weighted by molar-refractivity contribution is 0.102. The lowest BCUT2D eigenvalue weighted by Crippen LogP contribution is -2.30. The zero-order chi connectivity index (χ0) is 19.6.